The van der Waals surface area contributed by atoms with Crippen LogP contribution in [0.2, 0.25) is 0 Å². The van der Waals surface area contributed by atoms with Gasteiger partial charge in [-0.2, -0.15) is 0 Å². The molecular weight excluding hydrogens is 218 g/mol. The summed E-state index contributed by atoms with van der Waals surface area (Å²) in [5.41, 5.74) is 0. The number of rotatable bonds is 4. The third-order valence-electron chi connectivity index (χ3n) is 3.62. The predicted molar refractivity (Wildman–Crippen MR) is 63.7 cm³/mol. The smallest absolute Gasteiger partial charge is 0.303 e. The van der Waals surface area contributed by atoms with Crippen molar-refractivity contribution < 1.29 is 14.3 Å². The Balaban J connectivity index is 1.84. The summed E-state index contributed by atoms with van der Waals surface area (Å²) in [5, 5.41) is 8.76. The number of likely N-dealkylation sites (tertiary alicyclic amines) is 1. The normalized spacial score (nSPS) is 20.3. The number of furan rings is 1. The quantitative estimate of drug-likeness (QED) is 0.874. The van der Waals surface area contributed by atoms with Gasteiger partial charge < -0.3 is 9.52 Å². The number of carbonyl (C=O) groups is 1. The molecule has 2 rings (SSSR count). The molecule has 0 aromatic carbocycles. The molecule has 0 aliphatic carbocycles. The number of hydrogen-bond donors (Lipinski definition) is 1. The summed E-state index contributed by atoms with van der Waals surface area (Å²) < 4.78 is 5.40. The van der Waals surface area contributed by atoms with Crippen molar-refractivity contribution in [3.05, 3.63) is 24.2 Å². The minimum Gasteiger partial charge on any atom is -0.481 e. The summed E-state index contributed by atoms with van der Waals surface area (Å²) in [6, 6.07) is 4.19. The number of hydrogen-bond acceptors (Lipinski definition) is 3. The number of aliphatic carboxylic acids is 1. The molecule has 94 valence electrons. The maximum atomic E-state index is 10.6. The van der Waals surface area contributed by atoms with Crippen molar-refractivity contribution in [2.45, 2.75) is 32.2 Å². The van der Waals surface area contributed by atoms with E-state index in [-0.39, 0.29) is 6.04 Å². The van der Waals surface area contributed by atoms with Crippen LogP contribution in [0.15, 0.2) is 22.8 Å². The maximum Gasteiger partial charge on any atom is 0.303 e. The fraction of sp³-hybridized carbons (Fsp3) is 0.615. The van der Waals surface area contributed by atoms with Crippen molar-refractivity contribution in [1.29, 1.82) is 0 Å². The molecule has 4 nitrogen and oxygen atoms in total. The van der Waals surface area contributed by atoms with Crippen LogP contribution in [-0.4, -0.2) is 29.1 Å². The highest BCUT2D eigenvalue weighted by molar-refractivity contribution is 5.67. The monoisotopic (exact) mass is 237 g/mol. The van der Waals surface area contributed by atoms with Gasteiger partial charge in [-0.25, -0.2) is 0 Å². The Morgan fingerprint density at radius 2 is 2.29 bits per heavy atom. The van der Waals surface area contributed by atoms with Crippen LogP contribution in [0.5, 0.6) is 0 Å². The van der Waals surface area contributed by atoms with E-state index in [1.54, 1.807) is 6.26 Å². The fourth-order valence-corrected chi connectivity index (χ4v) is 2.50. The zero-order valence-electron chi connectivity index (χ0n) is 10.1. The van der Waals surface area contributed by atoms with E-state index >= 15 is 0 Å². The molecule has 1 atom stereocenters. The summed E-state index contributed by atoms with van der Waals surface area (Å²) in [5.74, 6) is 0.650. The van der Waals surface area contributed by atoms with Gasteiger partial charge in [-0.05, 0) is 50.9 Å². The number of carboxylic acids is 1. The largest absolute Gasteiger partial charge is 0.481 e. The van der Waals surface area contributed by atoms with Crippen LogP contribution in [0, 0.1) is 5.92 Å². The third-order valence-corrected chi connectivity index (χ3v) is 3.62. The van der Waals surface area contributed by atoms with Crippen LogP contribution in [0.1, 0.15) is 38.0 Å². The van der Waals surface area contributed by atoms with Gasteiger partial charge >= 0.3 is 5.97 Å². The average molecular weight is 237 g/mol. The molecule has 17 heavy (non-hydrogen) atoms. The van der Waals surface area contributed by atoms with Crippen molar-refractivity contribution in [3.8, 4) is 0 Å². The van der Waals surface area contributed by atoms with E-state index in [0.29, 0.717) is 12.3 Å². The van der Waals surface area contributed by atoms with E-state index in [2.05, 4.69) is 11.8 Å². The molecule has 0 amide bonds. The summed E-state index contributed by atoms with van der Waals surface area (Å²) in [6.07, 6.45) is 3.95. The molecular formula is C13H19NO3. The molecule has 1 aliphatic rings. The second-order valence-electron chi connectivity index (χ2n) is 4.77. The second-order valence-corrected chi connectivity index (χ2v) is 4.77. The van der Waals surface area contributed by atoms with E-state index in [1.807, 2.05) is 12.1 Å². The lowest BCUT2D eigenvalue weighted by Gasteiger charge is -2.34. The Kier molecular flexibility index (Phi) is 3.84. The molecule has 4 heteroatoms. The molecule has 0 saturated carbocycles. The highest BCUT2D eigenvalue weighted by atomic mass is 16.4. The summed E-state index contributed by atoms with van der Waals surface area (Å²) in [4.78, 5) is 13.0. The molecule has 1 aromatic heterocycles. The van der Waals surface area contributed by atoms with Crippen LogP contribution < -0.4 is 0 Å². The molecule has 1 saturated heterocycles. The highest BCUT2D eigenvalue weighted by Crippen LogP contribution is 2.27. The molecule has 0 bridgehead atoms. The summed E-state index contributed by atoms with van der Waals surface area (Å²) in [7, 11) is 0. The zero-order chi connectivity index (χ0) is 12.3. The van der Waals surface area contributed by atoms with E-state index in [9.17, 15) is 4.79 Å². The van der Waals surface area contributed by atoms with E-state index in [1.165, 1.54) is 0 Å². The lowest BCUT2D eigenvalue weighted by molar-refractivity contribution is -0.138. The van der Waals surface area contributed by atoms with Crippen LogP contribution in [0.3, 0.4) is 0 Å². The van der Waals surface area contributed by atoms with Gasteiger partial charge in [-0.15, -0.1) is 0 Å². The van der Waals surface area contributed by atoms with Gasteiger partial charge in [-0.1, -0.05) is 0 Å². The lowest BCUT2D eigenvalue weighted by Crippen LogP contribution is -2.36. The fourth-order valence-electron chi connectivity index (χ4n) is 2.50. The maximum absolute atomic E-state index is 10.6. The Morgan fingerprint density at radius 3 is 2.82 bits per heavy atom. The second kappa shape index (κ2) is 5.36. The van der Waals surface area contributed by atoms with Crippen molar-refractivity contribution in [2.24, 2.45) is 5.92 Å². The van der Waals surface area contributed by atoms with Crippen molar-refractivity contribution >= 4 is 5.97 Å². The standard InChI is InChI=1S/C13H19NO3/c1-10(12-3-2-8-17-12)14-6-4-11(5-7-14)9-13(15)16/h2-3,8,10-11H,4-7,9H2,1H3,(H,15,16). The minimum atomic E-state index is -0.678. The van der Waals surface area contributed by atoms with E-state index in [0.717, 1.165) is 31.7 Å². The van der Waals surface area contributed by atoms with Gasteiger partial charge in [0.1, 0.15) is 5.76 Å². The Labute approximate surface area is 101 Å². The first-order valence-corrected chi connectivity index (χ1v) is 6.16. The summed E-state index contributed by atoms with van der Waals surface area (Å²) in [6.45, 7) is 4.05. The van der Waals surface area contributed by atoms with Crippen molar-refractivity contribution in [3.63, 3.8) is 0 Å². The SMILES string of the molecule is CC(c1ccco1)N1CCC(CC(=O)O)CC1. The van der Waals surface area contributed by atoms with Gasteiger partial charge in [0.15, 0.2) is 0 Å². The molecule has 0 radical (unpaired) electrons. The molecule has 1 N–H and O–H groups in total. The van der Waals surface area contributed by atoms with Crippen molar-refractivity contribution in [1.82, 2.24) is 4.90 Å². The number of nitrogens with zero attached hydrogens (tertiary/aromatic N) is 1. The molecule has 1 aromatic rings. The highest BCUT2D eigenvalue weighted by Gasteiger charge is 2.25. The zero-order valence-corrected chi connectivity index (χ0v) is 10.1. The summed E-state index contributed by atoms with van der Waals surface area (Å²) >= 11 is 0. The molecule has 0 spiro atoms. The van der Waals surface area contributed by atoms with E-state index in [4.69, 9.17) is 9.52 Å². The minimum absolute atomic E-state index is 0.288. The van der Waals surface area contributed by atoms with Crippen molar-refractivity contribution in [2.75, 3.05) is 13.1 Å². The Hall–Kier alpha value is -1.29. The van der Waals surface area contributed by atoms with Gasteiger partial charge in [-0.3, -0.25) is 9.69 Å². The first kappa shape index (κ1) is 12.2. The number of carboxylic acid groups (broad SMARTS) is 1. The molecule has 1 unspecified atom stereocenters. The lowest BCUT2D eigenvalue weighted by atomic mass is 9.93. The molecule has 2 heterocycles. The van der Waals surface area contributed by atoms with Gasteiger partial charge in [0.05, 0.1) is 12.3 Å². The predicted octanol–water partition coefficient (Wildman–Crippen LogP) is 2.53. The topological polar surface area (TPSA) is 53.7 Å². The van der Waals surface area contributed by atoms with Gasteiger partial charge in [0.2, 0.25) is 0 Å². The first-order chi connectivity index (χ1) is 8.16. The van der Waals surface area contributed by atoms with Crippen LogP contribution in [0.25, 0.3) is 0 Å². The average Bonchev–Trinajstić information content (AvgIpc) is 2.82. The molecule has 1 fully saturated rings. The third kappa shape index (κ3) is 3.09. The Morgan fingerprint density at radius 1 is 1.59 bits per heavy atom. The first-order valence-electron chi connectivity index (χ1n) is 6.16. The molecule has 1 aliphatic heterocycles. The van der Waals surface area contributed by atoms with Crippen LogP contribution in [0.4, 0.5) is 0 Å². The van der Waals surface area contributed by atoms with Crippen LogP contribution >= 0.6 is 0 Å². The number of piperidine rings is 1. The van der Waals surface area contributed by atoms with Crippen LogP contribution in [-0.2, 0) is 4.79 Å². The van der Waals surface area contributed by atoms with Gasteiger partial charge in [0.25, 0.3) is 0 Å². The van der Waals surface area contributed by atoms with E-state index < -0.39 is 5.97 Å². The van der Waals surface area contributed by atoms with Gasteiger partial charge in [0, 0.05) is 6.42 Å². The Bertz CT molecular complexity index is 353.